The van der Waals surface area contributed by atoms with Crippen molar-refractivity contribution in [3.05, 3.63) is 60.4 Å². The Labute approximate surface area is 110 Å². The summed E-state index contributed by atoms with van der Waals surface area (Å²) in [6.45, 7) is 0.564. The number of aliphatic hydroxyl groups excluding tert-OH is 1. The molecule has 0 aliphatic heterocycles. The Hall–Kier alpha value is -2.11. The van der Waals surface area contributed by atoms with Crippen LogP contribution in [0.3, 0.4) is 0 Å². The van der Waals surface area contributed by atoms with E-state index >= 15 is 0 Å². The molecule has 0 spiro atoms. The molecule has 3 aromatic rings. The van der Waals surface area contributed by atoms with Gasteiger partial charge in [-0.3, -0.25) is 5.32 Å². The second-order valence-electron chi connectivity index (χ2n) is 4.33. The monoisotopic (exact) mass is 257 g/mol. The molecule has 2 N–H and O–H groups in total. The summed E-state index contributed by atoms with van der Waals surface area (Å²) in [7, 11) is 0. The van der Waals surface area contributed by atoms with Crippen molar-refractivity contribution in [3.63, 3.8) is 0 Å². The summed E-state index contributed by atoms with van der Waals surface area (Å²) in [5.74, 6) is 0.728. The number of aromatic nitrogens is 2. The third-order valence-corrected chi connectivity index (χ3v) is 3.01. The van der Waals surface area contributed by atoms with Crippen LogP contribution in [0.2, 0.25) is 0 Å². The summed E-state index contributed by atoms with van der Waals surface area (Å²) in [5.41, 5.74) is 1.84. The first-order chi connectivity index (χ1) is 9.36. The lowest BCUT2D eigenvalue weighted by Gasteiger charge is -2.12. The van der Waals surface area contributed by atoms with Gasteiger partial charge in [-0.15, -0.1) is 0 Å². The molecule has 0 aliphatic carbocycles. The van der Waals surface area contributed by atoms with Crippen LogP contribution in [0.25, 0.3) is 5.65 Å². The quantitative estimate of drug-likeness (QED) is 0.731. The first kappa shape index (κ1) is 12.0. The fraction of sp³-hybridized carbons (Fsp3) is 0.214. The zero-order chi connectivity index (χ0) is 13.1. The Bertz CT molecular complexity index is 613. The van der Waals surface area contributed by atoms with Crippen LogP contribution in [0.4, 0.5) is 0 Å². The molecule has 3 aromatic heterocycles. The maximum absolute atomic E-state index is 9.37. The Kier molecular flexibility index (Phi) is 3.31. The fourth-order valence-electron chi connectivity index (χ4n) is 2.04. The van der Waals surface area contributed by atoms with Crippen molar-refractivity contribution < 1.29 is 9.52 Å². The third kappa shape index (κ3) is 2.52. The van der Waals surface area contributed by atoms with Crippen molar-refractivity contribution in [1.82, 2.24) is 14.7 Å². The van der Waals surface area contributed by atoms with Gasteiger partial charge in [0.05, 0.1) is 24.6 Å². The second kappa shape index (κ2) is 5.26. The minimum atomic E-state index is -0.209. The number of nitrogens with zero attached hydrogens (tertiary/aromatic N) is 2. The van der Waals surface area contributed by atoms with Crippen LogP contribution >= 0.6 is 0 Å². The van der Waals surface area contributed by atoms with Crippen molar-refractivity contribution in [2.45, 2.75) is 12.6 Å². The molecule has 5 nitrogen and oxygen atoms in total. The Morgan fingerprint density at radius 3 is 3.00 bits per heavy atom. The zero-order valence-electron chi connectivity index (χ0n) is 10.4. The minimum absolute atomic E-state index is 0.0130. The molecule has 98 valence electrons. The Morgan fingerprint density at radius 2 is 2.26 bits per heavy atom. The molecular weight excluding hydrogens is 242 g/mol. The van der Waals surface area contributed by atoms with Crippen LogP contribution in [-0.2, 0) is 6.54 Å². The van der Waals surface area contributed by atoms with Gasteiger partial charge in [-0.1, -0.05) is 6.07 Å². The summed E-state index contributed by atoms with van der Waals surface area (Å²) in [4.78, 5) is 4.49. The van der Waals surface area contributed by atoms with Crippen LogP contribution < -0.4 is 5.32 Å². The highest BCUT2D eigenvalue weighted by molar-refractivity contribution is 5.39. The van der Waals surface area contributed by atoms with E-state index in [4.69, 9.17) is 4.42 Å². The van der Waals surface area contributed by atoms with E-state index in [-0.39, 0.29) is 12.6 Å². The normalized spacial score (nSPS) is 12.9. The first-order valence-corrected chi connectivity index (χ1v) is 6.17. The van der Waals surface area contributed by atoms with Gasteiger partial charge in [0, 0.05) is 18.9 Å². The molecular formula is C14H15N3O2. The van der Waals surface area contributed by atoms with Crippen molar-refractivity contribution >= 4 is 5.65 Å². The van der Waals surface area contributed by atoms with Gasteiger partial charge in [-0.25, -0.2) is 4.98 Å². The molecule has 3 heterocycles. The number of hydrogen-bond donors (Lipinski definition) is 2. The molecule has 1 atom stereocenters. The first-order valence-electron chi connectivity index (χ1n) is 6.17. The van der Waals surface area contributed by atoms with E-state index in [1.165, 1.54) is 0 Å². The van der Waals surface area contributed by atoms with Gasteiger partial charge in [0.1, 0.15) is 11.4 Å². The number of imidazole rings is 1. The lowest BCUT2D eigenvalue weighted by molar-refractivity contribution is 0.225. The highest BCUT2D eigenvalue weighted by Crippen LogP contribution is 2.13. The van der Waals surface area contributed by atoms with E-state index in [1.807, 2.05) is 47.1 Å². The van der Waals surface area contributed by atoms with E-state index in [2.05, 4.69) is 10.3 Å². The lowest BCUT2D eigenvalue weighted by atomic mass is 10.2. The Morgan fingerprint density at radius 1 is 1.32 bits per heavy atom. The molecule has 0 aliphatic rings. The van der Waals surface area contributed by atoms with Crippen molar-refractivity contribution in [3.8, 4) is 0 Å². The molecule has 0 bridgehead atoms. The molecule has 0 radical (unpaired) electrons. The SMILES string of the molecule is OCC(NCc1cn2ccccc2n1)c1ccco1. The zero-order valence-corrected chi connectivity index (χ0v) is 10.4. The topological polar surface area (TPSA) is 62.7 Å². The maximum Gasteiger partial charge on any atom is 0.137 e. The van der Waals surface area contributed by atoms with Crippen molar-refractivity contribution in [2.75, 3.05) is 6.61 Å². The molecule has 0 amide bonds. The summed E-state index contributed by atoms with van der Waals surface area (Å²) >= 11 is 0. The number of aliphatic hydroxyl groups is 1. The van der Waals surface area contributed by atoms with Crippen LogP contribution in [-0.4, -0.2) is 21.1 Å². The average molecular weight is 257 g/mol. The predicted octanol–water partition coefficient (Wildman–Crippen LogP) is 1.75. The number of fused-ring (bicyclic) bond motifs is 1. The minimum Gasteiger partial charge on any atom is -0.468 e. The van der Waals surface area contributed by atoms with Gasteiger partial charge in [-0.05, 0) is 24.3 Å². The lowest BCUT2D eigenvalue weighted by Crippen LogP contribution is -2.23. The number of furan rings is 1. The average Bonchev–Trinajstić information content (AvgIpc) is 3.08. The largest absolute Gasteiger partial charge is 0.468 e. The molecule has 0 saturated carbocycles. The highest BCUT2D eigenvalue weighted by atomic mass is 16.3. The summed E-state index contributed by atoms with van der Waals surface area (Å²) in [6.07, 6.45) is 5.53. The van der Waals surface area contributed by atoms with E-state index in [9.17, 15) is 5.11 Å². The fourth-order valence-corrected chi connectivity index (χ4v) is 2.04. The smallest absolute Gasteiger partial charge is 0.137 e. The van der Waals surface area contributed by atoms with E-state index in [1.54, 1.807) is 6.26 Å². The number of hydrogen-bond acceptors (Lipinski definition) is 4. The van der Waals surface area contributed by atoms with E-state index < -0.39 is 0 Å². The number of nitrogens with one attached hydrogen (secondary N) is 1. The van der Waals surface area contributed by atoms with Crippen LogP contribution in [0.15, 0.2) is 53.4 Å². The molecule has 5 heteroatoms. The van der Waals surface area contributed by atoms with Gasteiger partial charge in [-0.2, -0.15) is 0 Å². The van der Waals surface area contributed by atoms with Gasteiger partial charge in [0.25, 0.3) is 0 Å². The predicted molar refractivity (Wildman–Crippen MR) is 70.6 cm³/mol. The molecule has 0 aromatic carbocycles. The van der Waals surface area contributed by atoms with Crippen LogP contribution in [0, 0.1) is 0 Å². The number of rotatable bonds is 5. The van der Waals surface area contributed by atoms with Gasteiger partial charge in [0.2, 0.25) is 0 Å². The number of pyridine rings is 1. The van der Waals surface area contributed by atoms with Gasteiger partial charge < -0.3 is 13.9 Å². The van der Waals surface area contributed by atoms with Crippen molar-refractivity contribution in [2.24, 2.45) is 0 Å². The van der Waals surface area contributed by atoms with Crippen LogP contribution in [0.1, 0.15) is 17.5 Å². The standard InChI is InChI=1S/C14H15N3O2/c18-10-12(13-4-3-7-19-13)15-8-11-9-17-6-2-1-5-14(17)16-11/h1-7,9,12,15,18H,8,10H2. The summed E-state index contributed by atoms with van der Waals surface area (Å²) < 4.78 is 7.26. The molecule has 19 heavy (non-hydrogen) atoms. The van der Waals surface area contributed by atoms with E-state index in [0.717, 1.165) is 17.1 Å². The maximum atomic E-state index is 9.37. The molecule has 3 rings (SSSR count). The molecule has 0 fully saturated rings. The highest BCUT2D eigenvalue weighted by Gasteiger charge is 2.13. The van der Waals surface area contributed by atoms with Gasteiger partial charge >= 0.3 is 0 Å². The Balaban J connectivity index is 1.71. The summed E-state index contributed by atoms with van der Waals surface area (Å²) in [5, 5.41) is 12.6. The van der Waals surface area contributed by atoms with E-state index in [0.29, 0.717) is 6.54 Å². The molecule has 0 saturated heterocycles. The molecule has 1 unspecified atom stereocenters. The summed E-state index contributed by atoms with van der Waals surface area (Å²) in [6, 6.07) is 9.33. The van der Waals surface area contributed by atoms with Crippen molar-refractivity contribution in [1.29, 1.82) is 0 Å². The van der Waals surface area contributed by atoms with Gasteiger partial charge in [0.15, 0.2) is 0 Å². The second-order valence-corrected chi connectivity index (χ2v) is 4.33. The third-order valence-electron chi connectivity index (χ3n) is 3.01. The van der Waals surface area contributed by atoms with Crippen LogP contribution in [0.5, 0.6) is 0 Å².